The summed E-state index contributed by atoms with van der Waals surface area (Å²) in [5.41, 5.74) is 4.66. The van der Waals surface area contributed by atoms with Gasteiger partial charge in [0.25, 0.3) is 0 Å². The highest BCUT2D eigenvalue weighted by Gasteiger charge is 1.51. The van der Waals surface area contributed by atoms with Gasteiger partial charge in [-0.3, -0.25) is 0 Å². The van der Waals surface area contributed by atoms with Crippen LogP contribution in [-0.4, -0.2) is 12.8 Å². The second kappa shape index (κ2) is 79.1. The van der Waals surface area contributed by atoms with E-state index in [1.165, 1.54) is 0 Å². The molecule has 52 valence electrons. The fourth-order valence-electron chi connectivity index (χ4n) is 0. The largest absolute Gasteiger partial charge is 0.324 e. The summed E-state index contributed by atoms with van der Waals surface area (Å²) >= 11 is 0. The van der Waals surface area contributed by atoms with E-state index in [-0.39, 0.29) is 6.54 Å². The van der Waals surface area contributed by atoms with Gasteiger partial charge < -0.3 is 10.5 Å². The topological polar surface area (TPSA) is 43.1 Å². The van der Waals surface area contributed by atoms with E-state index in [1.54, 1.807) is 0 Å². The van der Waals surface area contributed by atoms with Gasteiger partial charge in [-0.15, -0.1) is 0 Å². The summed E-state index contributed by atoms with van der Waals surface area (Å²) in [6.07, 6.45) is 0.653. The lowest BCUT2D eigenvalue weighted by Crippen LogP contribution is -1.97. The van der Waals surface area contributed by atoms with E-state index in [0.717, 1.165) is 0 Å². The molecule has 0 bridgehead atoms. The van der Waals surface area contributed by atoms with Gasteiger partial charge in [0, 0.05) is 6.54 Å². The molecule has 2 heteroatoms. The number of nitrogens with two attached hydrogens (primary N) is 1. The van der Waals surface area contributed by atoms with Gasteiger partial charge in [0.2, 0.25) is 0 Å². The quantitative estimate of drug-likeness (QED) is 0.527. The van der Waals surface area contributed by atoms with E-state index >= 15 is 0 Å². The van der Waals surface area contributed by atoms with Crippen molar-refractivity contribution in [1.82, 2.24) is 0 Å². The Morgan fingerprint density at radius 1 is 1.25 bits per heavy atom. The Hall–Kier alpha value is -0.370. The SMILES string of the molecule is CC.CC.NCC=O. The molecule has 0 heterocycles. The molecule has 2 nitrogen and oxygen atoms in total. The summed E-state index contributed by atoms with van der Waals surface area (Å²) in [5, 5.41) is 0. The van der Waals surface area contributed by atoms with Crippen LogP contribution in [0.1, 0.15) is 27.7 Å². The molecular formula is C6H17NO. The van der Waals surface area contributed by atoms with E-state index in [2.05, 4.69) is 5.73 Å². The van der Waals surface area contributed by atoms with Gasteiger partial charge in [0.15, 0.2) is 0 Å². The lowest BCUT2D eigenvalue weighted by atomic mass is 10.8. The van der Waals surface area contributed by atoms with Crippen molar-refractivity contribution in [3.8, 4) is 0 Å². The number of aldehydes is 1. The number of carbonyl (C=O) groups excluding carboxylic acids is 1. The van der Waals surface area contributed by atoms with Crippen LogP contribution in [0.2, 0.25) is 0 Å². The van der Waals surface area contributed by atoms with Crippen LogP contribution in [0.25, 0.3) is 0 Å². The van der Waals surface area contributed by atoms with E-state index in [1.807, 2.05) is 27.7 Å². The number of hydrogen-bond donors (Lipinski definition) is 1. The molecule has 0 fully saturated rings. The Kier molecular flexibility index (Phi) is 155. The zero-order chi connectivity index (χ0) is 7.41. The highest BCUT2D eigenvalue weighted by Crippen LogP contribution is 1.18. The molecule has 0 saturated carbocycles. The zero-order valence-electron chi connectivity index (χ0n) is 6.27. The Morgan fingerprint density at radius 2 is 1.38 bits per heavy atom. The number of rotatable bonds is 1. The fraction of sp³-hybridized carbons (Fsp3) is 0.833. The monoisotopic (exact) mass is 119 g/mol. The summed E-state index contributed by atoms with van der Waals surface area (Å²) in [7, 11) is 0. The Balaban J connectivity index is -0.0000000542. The second-order valence-corrected chi connectivity index (χ2v) is 0.402. The summed E-state index contributed by atoms with van der Waals surface area (Å²) in [5.74, 6) is 0. The standard InChI is InChI=1S/C2H5NO.2C2H6/c3-1-2-4;2*1-2/h2H,1,3H2;2*1-2H3. The van der Waals surface area contributed by atoms with Crippen molar-refractivity contribution in [1.29, 1.82) is 0 Å². The Labute approximate surface area is 52.1 Å². The first-order valence-electron chi connectivity index (χ1n) is 3.05. The predicted octanol–water partition coefficient (Wildman–Crippen LogP) is 1.20. The van der Waals surface area contributed by atoms with Crippen LogP contribution in [0.3, 0.4) is 0 Å². The van der Waals surface area contributed by atoms with Gasteiger partial charge in [0.1, 0.15) is 6.29 Å². The molecule has 0 saturated heterocycles. The minimum atomic E-state index is 0.139. The molecule has 2 N–H and O–H groups in total. The maximum atomic E-state index is 9.05. The lowest BCUT2D eigenvalue weighted by molar-refractivity contribution is -0.106. The maximum absolute atomic E-state index is 9.05. The van der Waals surface area contributed by atoms with Gasteiger partial charge in [-0.1, -0.05) is 27.7 Å². The van der Waals surface area contributed by atoms with E-state index in [9.17, 15) is 0 Å². The highest BCUT2D eigenvalue weighted by molar-refractivity contribution is 5.51. The van der Waals surface area contributed by atoms with Crippen molar-refractivity contribution in [2.75, 3.05) is 6.54 Å². The first kappa shape index (κ1) is 15.6. The van der Waals surface area contributed by atoms with E-state index < -0.39 is 0 Å². The summed E-state index contributed by atoms with van der Waals surface area (Å²) in [6.45, 7) is 8.14. The van der Waals surface area contributed by atoms with Crippen molar-refractivity contribution < 1.29 is 4.79 Å². The minimum Gasteiger partial charge on any atom is -0.324 e. The smallest absolute Gasteiger partial charge is 0.133 e. The molecular weight excluding hydrogens is 102 g/mol. The first-order chi connectivity index (χ1) is 3.91. The van der Waals surface area contributed by atoms with Crippen LogP contribution in [0.15, 0.2) is 0 Å². The van der Waals surface area contributed by atoms with Gasteiger partial charge in [-0.2, -0.15) is 0 Å². The Morgan fingerprint density at radius 3 is 1.38 bits per heavy atom. The summed E-state index contributed by atoms with van der Waals surface area (Å²) in [6, 6.07) is 0. The molecule has 0 aliphatic carbocycles. The van der Waals surface area contributed by atoms with E-state index in [4.69, 9.17) is 4.79 Å². The first-order valence-corrected chi connectivity index (χ1v) is 3.05. The van der Waals surface area contributed by atoms with Crippen LogP contribution in [0.5, 0.6) is 0 Å². The molecule has 0 aliphatic rings. The Bertz CT molecular complexity index is 22.5. The molecule has 0 atom stereocenters. The second-order valence-electron chi connectivity index (χ2n) is 0.402. The van der Waals surface area contributed by atoms with Crippen LogP contribution in [0.4, 0.5) is 0 Å². The van der Waals surface area contributed by atoms with Gasteiger partial charge >= 0.3 is 0 Å². The van der Waals surface area contributed by atoms with Gasteiger partial charge in [-0.25, -0.2) is 0 Å². The zero-order valence-corrected chi connectivity index (χ0v) is 6.27. The number of hydrogen-bond acceptors (Lipinski definition) is 2. The summed E-state index contributed by atoms with van der Waals surface area (Å²) in [4.78, 5) is 9.05. The normalized spacial score (nSPS) is 4.62. The van der Waals surface area contributed by atoms with Crippen molar-refractivity contribution in [2.24, 2.45) is 5.73 Å². The molecule has 0 aromatic rings. The third kappa shape index (κ3) is 304. The fourth-order valence-corrected chi connectivity index (χ4v) is 0. The molecule has 0 aliphatic heterocycles. The third-order valence-corrected chi connectivity index (χ3v) is 0.0962. The van der Waals surface area contributed by atoms with Crippen molar-refractivity contribution in [3.63, 3.8) is 0 Å². The molecule has 0 radical (unpaired) electrons. The average Bonchev–Trinajstić information content (AvgIpc) is 1.96. The highest BCUT2D eigenvalue weighted by atomic mass is 16.1. The van der Waals surface area contributed by atoms with Crippen molar-refractivity contribution in [2.45, 2.75) is 27.7 Å². The molecule has 0 aromatic carbocycles. The molecule has 0 spiro atoms. The maximum Gasteiger partial charge on any atom is 0.133 e. The van der Waals surface area contributed by atoms with Gasteiger partial charge in [-0.05, 0) is 0 Å². The molecule has 0 rings (SSSR count). The molecule has 0 aromatic heterocycles. The molecule has 8 heavy (non-hydrogen) atoms. The van der Waals surface area contributed by atoms with E-state index in [0.29, 0.717) is 6.29 Å². The average molecular weight is 119 g/mol. The minimum absolute atomic E-state index is 0.139. The number of carbonyl (C=O) groups is 1. The molecule has 0 unspecified atom stereocenters. The van der Waals surface area contributed by atoms with Crippen LogP contribution in [0, 0.1) is 0 Å². The van der Waals surface area contributed by atoms with Crippen molar-refractivity contribution >= 4 is 6.29 Å². The van der Waals surface area contributed by atoms with Crippen molar-refractivity contribution in [3.05, 3.63) is 0 Å². The lowest BCUT2D eigenvalue weighted by Gasteiger charge is -1.55. The van der Waals surface area contributed by atoms with Crippen LogP contribution < -0.4 is 5.73 Å². The molecule has 0 amide bonds. The van der Waals surface area contributed by atoms with Gasteiger partial charge in [0.05, 0.1) is 0 Å². The van der Waals surface area contributed by atoms with Crippen LogP contribution in [-0.2, 0) is 4.79 Å². The summed E-state index contributed by atoms with van der Waals surface area (Å²) < 4.78 is 0. The third-order valence-electron chi connectivity index (χ3n) is 0.0962. The van der Waals surface area contributed by atoms with Crippen LogP contribution >= 0.6 is 0 Å². The predicted molar refractivity (Wildman–Crippen MR) is 37.8 cm³/mol.